The molecular weight excluding hydrogens is 528 g/mol. The lowest BCUT2D eigenvalue weighted by molar-refractivity contribution is -0.143. The molecule has 2 fully saturated rings. The summed E-state index contributed by atoms with van der Waals surface area (Å²) in [7, 11) is 0. The van der Waals surface area contributed by atoms with Gasteiger partial charge in [-0.25, -0.2) is 4.79 Å². The van der Waals surface area contributed by atoms with E-state index in [2.05, 4.69) is 0 Å². The van der Waals surface area contributed by atoms with Crippen molar-refractivity contribution in [2.45, 2.75) is 44.3 Å². The fourth-order valence-corrected chi connectivity index (χ4v) is 5.04. The van der Waals surface area contributed by atoms with Crippen molar-refractivity contribution in [1.82, 2.24) is 14.7 Å². The number of piperidine rings is 1. The molecule has 4 rings (SSSR count). The molecule has 3 amide bonds. The van der Waals surface area contributed by atoms with Gasteiger partial charge in [0.2, 0.25) is 5.91 Å². The van der Waals surface area contributed by atoms with Gasteiger partial charge in [-0.3, -0.25) is 4.79 Å². The molecule has 6 nitrogen and oxygen atoms in total. The second-order valence-corrected chi connectivity index (χ2v) is 9.79. The Balaban J connectivity index is 1.49. The fraction of sp³-hybridized carbons (Fsp3) is 0.481. The molecule has 2 unspecified atom stereocenters. The third-order valence-corrected chi connectivity index (χ3v) is 7.15. The number of nitrogens with zero attached hydrogens (tertiary/aromatic N) is 3. The minimum absolute atomic E-state index is 0.0488. The maximum atomic E-state index is 13.3. The molecule has 2 aliphatic heterocycles. The van der Waals surface area contributed by atoms with Crippen LogP contribution in [-0.2, 0) is 28.5 Å². The molecule has 212 valence electrons. The topological polar surface area (TPSA) is 53.1 Å². The van der Waals surface area contributed by atoms with Gasteiger partial charge in [0.25, 0.3) is 0 Å². The van der Waals surface area contributed by atoms with Crippen molar-refractivity contribution in [1.29, 1.82) is 0 Å². The van der Waals surface area contributed by atoms with Crippen molar-refractivity contribution < 1.29 is 40.7 Å². The average Bonchev–Trinajstić information content (AvgIpc) is 2.91. The summed E-state index contributed by atoms with van der Waals surface area (Å²) < 4.78 is 85.6. The van der Waals surface area contributed by atoms with Crippen molar-refractivity contribution in [3.8, 4) is 0 Å². The number of likely N-dealkylation sites (tertiary alicyclic amines) is 1. The Bertz CT molecular complexity index is 1130. The summed E-state index contributed by atoms with van der Waals surface area (Å²) >= 11 is 0. The van der Waals surface area contributed by atoms with Crippen molar-refractivity contribution in [2.24, 2.45) is 0 Å². The Morgan fingerprint density at radius 3 is 1.92 bits per heavy atom. The summed E-state index contributed by atoms with van der Waals surface area (Å²) in [5.74, 6) is -0.386. The molecule has 2 aromatic carbocycles. The van der Waals surface area contributed by atoms with Crippen molar-refractivity contribution in [3.05, 3.63) is 70.8 Å². The van der Waals surface area contributed by atoms with Gasteiger partial charge in [-0.2, -0.15) is 26.3 Å². The molecule has 2 aromatic rings. The highest BCUT2D eigenvalue weighted by Crippen LogP contribution is 2.37. The van der Waals surface area contributed by atoms with Gasteiger partial charge in [-0.15, -0.1) is 0 Å². The first-order valence-corrected chi connectivity index (χ1v) is 12.6. The van der Waals surface area contributed by atoms with E-state index in [4.69, 9.17) is 4.74 Å². The van der Waals surface area contributed by atoms with Gasteiger partial charge in [0.05, 0.1) is 23.8 Å². The first-order chi connectivity index (χ1) is 18.3. The highest BCUT2D eigenvalue weighted by molar-refractivity contribution is 5.76. The number of urea groups is 1. The third kappa shape index (κ3) is 7.03. The largest absolute Gasteiger partial charge is 0.416 e. The molecule has 12 heteroatoms. The van der Waals surface area contributed by atoms with Crippen molar-refractivity contribution in [2.75, 3.05) is 39.3 Å². The number of alkyl halides is 6. The molecule has 0 radical (unpaired) electrons. The van der Waals surface area contributed by atoms with Crippen LogP contribution in [0.4, 0.5) is 31.1 Å². The van der Waals surface area contributed by atoms with Gasteiger partial charge in [0, 0.05) is 52.1 Å². The van der Waals surface area contributed by atoms with Gasteiger partial charge in [-0.1, -0.05) is 30.3 Å². The standard InChI is InChI=1S/C27H29F6N3O3/c1-18(37)34-9-11-35(12-10-34)25(38)36-8-7-24(23(16-36)20-5-3-2-4-6-20)39-17-19-13-21(26(28,29)30)15-22(14-19)27(31,32)33/h2-6,13-15,23-24H,7-12,16-17H2,1H3. The zero-order chi connectivity index (χ0) is 28.4. The summed E-state index contributed by atoms with van der Waals surface area (Å²) in [6.07, 6.45) is -10.1. The number of benzene rings is 2. The van der Waals surface area contributed by atoms with Crippen LogP contribution in [-0.4, -0.2) is 72.0 Å². The van der Waals surface area contributed by atoms with Crippen LogP contribution >= 0.6 is 0 Å². The van der Waals surface area contributed by atoms with Crippen LogP contribution < -0.4 is 0 Å². The number of rotatable bonds is 4. The van der Waals surface area contributed by atoms with Gasteiger partial charge in [0.1, 0.15) is 0 Å². The van der Waals surface area contributed by atoms with Gasteiger partial charge in [0.15, 0.2) is 0 Å². The summed E-state index contributed by atoms with van der Waals surface area (Å²) in [4.78, 5) is 29.9. The van der Waals surface area contributed by atoms with Crippen LogP contribution in [0.3, 0.4) is 0 Å². The zero-order valence-corrected chi connectivity index (χ0v) is 21.3. The zero-order valence-electron chi connectivity index (χ0n) is 21.3. The summed E-state index contributed by atoms with van der Waals surface area (Å²) in [6.45, 7) is 3.33. The van der Waals surface area contributed by atoms with E-state index >= 15 is 0 Å². The lowest BCUT2D eigenvalue weighted by atomic mass is 9.88. The predicted octanol–water partition coefficient (Wildman–Crippen LogP) is 5.38. The highest BCUT2D eigenvalue weighted by atomic mass is 19.4. The SMILES string of the molecule is CC(=O)N1CCN(C(=O)N2CCC(OCc3cc(C(F)(F)F)cc(C(F)(F)F)c3)C(c3ccccc3)C2)CC1. The Kier molecular flexibility index (Phi) is 8.43. The Morgan fingerprint density at radius 1 is 0.821 bits per heavy atom. The normalized spacial score (nSPS) is 20.7. The minimum atomic E-state index is -4.94. The molecular formula is C27H29F6N3O3. The van der Waals surface area contributed by atoms with Gasteiger partial charge in [-0.05, 0) is 35.7 Å². The molecule has 2 aliphatic rings. The maximum absolute atomic E-state index is 13.3. The number of amides is 3. The molecule has 0 aliphatic carbocycles. The van der Waals surface area contributed by atoms with E-state index in [9.17, 15) is 35.9 Å². The first-order valence-electron chi connectivity index (χ1n) is 12.6. The number of carbonyl (C=O) groups excluding carboxylic acids is 2. The minimum Gasteiger partial charge on any atom is -0.373 e. The van der Waals surface area contributed by atoms with E-state index in [-0.39, 0.29) is 36.0 Å². The van der Waals surface area contributed by atoms with E-state index in [1.165, 1.54) is 6.92 Å². The van der Waals surface area contributed by atoms with Crippen LogP contribution in [0.1, 0.15) is 41.5 Å². The summed E-state index contributed by atoms with van der Waals surface area (Å²) in [5, 5.41) is 0. The summed E-state index contributed by atoms with van der Waals surface area (Å²) in [6, 6.07) is 10.4. The number of hydrogen-bond donors (Lipinski definition) is 0. The van der Waals surface area contributed by atoms with Gasteiger partial charge >= 0.3 is 18.4 Å². The Hall–Kier alpha value is -3.28. The molecule has 0 N–H and O–H groups in total. The molecule has 0 spiro atoms. The van der Waals surface area contributed by atoms with Crippen LogP contribution in [0.2, 0.25) is 0 Å². The fourth-order valence-electron chi connectivity index (χ4n) is 5.04. The molecule has 0 saturated carbocycles. The van der Waals surface area contributed by atoms with Crippen LogP contribution in [0, 0.1) is 0 Å². The number of carbonyl (C=O) groups is 2. The lowest BCUT2D eigenvalue weighted by Crippen LogP contribution is -2.56. The quantitative estimate of drug-likeness (QED) is 0.475. The number of piperazine rings is 1. The highest BCUT2D eigenvalue weighted by Gasteiger charge is 2.38. The molecule has 2 heterocycles. The van der Waals surface area contributed by atoms with E-state index in [0.29, 0.717) is 51.3 Å². The molecule has 0 aromatic heterocycles. The monoisotopic (exact) mass is 557 g/mol. The van der Waals surface area contributed by atoms with Crippen LogP contribution in [0.25, 0.3) is 0 Å². The Morgan fingerprint density at radius 2 is 1.38 bits per heavy atom. The average molecular weight is 558 g/mol. The number of hydrogen-bond acceptors (Lipinski definition) is 3. The van der Waals surface area contributed by atoms with Gasteiger partial charge < -0.3 is 19.4 Å². The molecule has 2 atom stereocenters. The van der Waals surface area contributed by atoms with Crippen molar-refractivity contribution in [3.63, 3.8) is 0 Å². The van der Waals surface area contributed by atoms with E-state index in [1.54, 1.807) is 14.7 Å². The predicted molar refractivity (Wildman–Crippen MR) is 130 cm³/mol. The smallest absolute Gasteiger partial charge is 0.373 e. The number of ether oxygens (including phenoxy) is 1. The van der Waals surface area contributed by atoms with E-state index < -0.39 is 36.2 Å². The molecule has 39 heavy (non-hydrogen) atoms. The maximum Gasteiger partial charge on any atom is 0.416 e. The van der Waals surface area contributed by atoms with Crippen LogP contribution in [0.5, 0.6) is 0 Å². The first kappa shape index (κ1) is 28.7. The lowest BCUT2D eigenvalue weighted by Gasteiger charge is -2.42. The second-order valence-electron chi connectivity index (χ2n) is 9.79. The second kappa shape index (κ2) is 11.4. The molecule has 2 saturated heterocycles. The third-order valence-electron chi connectivity index (χ3n) is 7.15. The molecule has 0 bridgehead atoms. The van der Waals surface area contributed by atoms with E-state index in [1.807, 2.05) is 30.3 Å². The van der Waals surface area contributed by atoms with Crippen LogP contribution in [0.15, 0.2) is 48.5 Å². The van der Waals surface area contributed by atoms with Crippen molar-refractivity contribution >= 4 is 11.9 Å². The number of halogens is 6. The van der Waals surface area contributed by atoms with E-state index in [0.717, 1.165) is 5.56 Å². The summed E-state index contributed by atoms with van der Waals surface area (Å²) in [5.41, 5.74) is -2.16. The Labute approximate surface area is 222 Å².